The van der Waals surface area contributed by atoms with Crippen molar-refractivity contribution in [2.75, 3.05) is 13.7 Å². The molecule has 0 spiro atoms. The summed E-state index contributed by atoms with van der Waals surface area (Å²) < 4.78 is 10.4. The van der Waals surface area contributed by atoms with E-state index >= 15 is 0 Å². The van der Waals surface area contributed by atoms with E-state index in [2.05, 4.69) is 16.7 Å². The predicted molar refractivity (Wildman–Crippen MR) is 111 cm³/mol. The van der Waals surface area contributed by atoms with Crippen LogP contribution >= 0.6 is 0 Å². The molecule has 0 fully saturated rings. The Kier molecular flexibility index (Phi) is 7.28. The fourth-order valence-corrected chi connectivity index (χ4v) is 3.17. The Labute approximate surface area is 170 Å². The van der Waals surface area contributed by atoms with Crippen LogP contribution in [-0.4, -0.2) is 25.5 Å². The van der Waals surface area contributed by atoms with Crippen LogP contribution in [-0.2, 0) is 4.79 Å². The number of nitrogens with one attached hydrogen (secondary N) is 2. The third-order valence-corrected chi connectivity index (χ3v) is 4.79. The lowest BCUT2D eigenvalue weighted by atomic mass is 9.97. The first-order valence-corrected chi connectivity index (χ1v) is 9.82. The van der Waals surface area contributed by atoms with Gasteiger partial charge in [-0.1, -0.05) is 11.6 Å². The van der Waals surface area contributed by atoms with Gasteiger partial charge in [0.05, 0.1) is 13.4 Å². The van der Waals surface area contributed by atoms with Crippen LogP contribution in [0.5, 0.6) is 5.75 Å². The fraction of sp³-hybridized carbons (Fsp3) is 0.304. The highest BCUT2D eigenvalue weighted by Gasteiger charge is 2.15. The Bertz CT molecular complexity index is 880. The van der Waals surface area contributed by atoms with Gasteiger partial charge in [0.25, 0.3) is 11.8 Å². The smallest absolute Gasteiger partial charge is 0.267 e. The molecule has 0 atom stereocenters. The van der Waals surface area contributed by atoms with Crippen molar-refractivity contribution < 1.29 is 18.7 Å². The van der Waals surface area contributed by atoms with E-state index in [0.717, 1.165) is 19.3 Å². The van der Waals surface area contributed by atoms with Crippen LogP contribution in [0.2, 0.25) is 0 Å². The Hall–Kier alpha value is -3.28. The molecule has 1 aromatic carbocycles. The van der Waals surface area contributed by atoms with Gasteiger partial charge in [-0.2, -0.15) is 0 Å². The molecule has 0 aliphatic heterocycles. The van der Waals surface area contributed by atoms with Crippen molar-refractivity contribution in [1.82, 2.24) is 10.6 Å². The molecule has 2 amide bonds. The summed E-state index contributed by atoms with van der Waals surface area (Å²) in [5.74, 6) is 0.415. The van der Waals surface area contributed by atoms with Crippen molar-refractivity contribution in [3.63, 3.8) is 0 Å². The normalized spacial score (nSPS) is 14.1. The molecule has 1 aliphatic rings. The first-order valence-electron chi connectivity index (χ1n) is 9.82. The second-order valence-corrected chi connectivity index (χ2v) is 6.87. The lowest BCUT2D eigenvalue weighted by Crippen LogP contribution is -2.35. The maximum atomic E-state index is 12.7. The van der Waals surface area contributed by atoms with E-state index in [1.807, 2.05) is 0 Å². The van der Waals surface area contributed by atoms with Crippen LogP contribution in [0.1, 0.15) is 48.2 Å². The van der Waals surface area contributed by atoms with E-state index < -0.39 is 0 Å². The third-order valence-electron chi connectivity index (χ3n) is 4.79. The first kappa shape index (κ1) is 20.5. The van der Waals surface area contributed by atoms with Gasteiger partial charge in [0.1, 0.15) is 17.2 Å². The van der Waals surface area contributed by atoms with Gasteiger partial charge in [0, 0.05) is 18.2 Å². The fourth-order valence-electron chi connectivity index (χ4n) is 3.17. The molecule has 0 radical (unpaired) electrons. The number of furan rings is 1. The van der Waals surface area contributed by atoms with Crippen LogP contribution in [0.3, 0.4) is 0 Å². The molecule has 6 heteroatoms. The summed E-state index contributed by atoms with van der Waals surface area (Å²) in [6.07, 6.45) is 10.8. The van der Waals surface area contributed by atoms with Crippen molar-refractivity contribution in [2.24, 2.45) is 0 Å². The van der Waals surface area contributed by atoms with Crippen LogP contribution in [0.15, 0.2) is 64.4 Å². The van der Waals surface area contributed by atoms with E-state index in [1.54, 1.807) is 43.5 Å². The summed E-state index contributed by atoms with van der Waals surface area (Å²) in [5, 5.41) is 5.59. The van der Waals surface area contributed by atoms with Gasteiger partial charge in [-0.15, -0.1) is 0 Å². The molecule has 0 saturated heterocycles. The van der Waals surface area contributed by atoms with Crippen molar-refractivity contribution in [2.45, 2.75) is 32.1 Å². The van der Waals surface area contributed by atoms with Crippen LogP contribution in [0.4, 0.5) is 0 Å². The second kappa shape index (κ2) is 10.3. The minimum atomic E-state index is -0.379. The molecule has 6 nitrogen and oxygen atoms in total. The molecular weight excluding hydrogens is 368 g/mol. The summed E-state index contributed by atoms with van der Waals surface area (Å²) in [7, 11) is 1.56. The number of benzene rings is 1. The molecule has 0 bridgehead atoms. The third kappa shape index (κ3) is 6.10. The summed E-state index contributed by atoms with van der Waals surface area (Å²) in [6, 6.07) is 10.1. The number of ether oxygens (including phenoxy) is 1. The van der Waals surface area contributed by atoms with Gasteiger partial charge in [-0.05, 0) is 68.5 Å². The minimum absolute atomic E-state index is 0.137. The van der Waals surface area contributed by atoms with Crippen LogP contribution in [0.25, 0.3) is 6.08 Å². The highest BCUT2D eigenvalue weighted by atomic mass is 16.5. The second-order valence-electron chi connectivity index (χ2n) is 6.87. The number of carbonyl (C=O) groups is 2. The maximum Gasteiger partial charge on any atom is 0.267 e. The summed E-state index contributed by atoms with van der Waals surface area (Å²) in [6.45, 7) is 0.526. The van der Waals surface area contributed by atoms with E-state index in [9.17, 15) is 9.59 Å². The zero-order valence-corrected chi connectivity index (χ0v) is 16.6. The van der Waals surface area contributed by atoms with Gasteiger partial charge < -0.3 is 19.8 Å². The molecule has 0 unspecified atom stereocenters. The molecular formula is C23H26N2O4. The molecule has 152 valence electrons. The molecule has 2 N–H and O–H groups in total. The molecule has 1 aliphatic carbocycles. The average molecular weight is 394 g/mol. The summed E-state index contributed by atoms with van der Waals surface area (Å²) >= 11 is 0. The molecule has 2 aromatic rings. The van der Waals surface area contributed by atoms with E-state index in [-0.39, 0.29) is 17.5 Å². The van der Waals surface area contributed by atoms with Crippen LogP contribution < -0.4 is 15.4 Å². The number of methoxy groups -OCH3 is 1. The lowest BCUT2D eigenvalue weighted by Gasteiger charge is -2.14. The molecule has 0 saturated carbocycles. The first-order chi connectivity index (χ1) is 14.2. The molecule has 1 heterocycles. The largest absolute Gasteiger partial charge is 0.497 e. The van der Waals surface area contributed by atoms with Crippen LogP contribution in [0, 0.1) is 0 Å². The van der Waals surface area contributed by atoms with Crippen molar-refractivity contribution >= 4 is 17.9 Å². The van der Waals surface area contributed by atoms with Gasteiger partial charge in [0.15, 0.2) is 0 Å². The molecule has 1 aromatic heterocycles. The molecule has 3 rings (SSSR count). The van der Waals surface area contributed by atoms with E-state index in [1.165, 1.54) is 30.8 Å². The summed E-state index contributed by atoms with van der Waals surface area (Å²) in [5.41, 5.74) is 1.95. The van der Waals surface area contributed by atoms with Gasteiger partial charge in [-0.3, -0.25) is 9.59 Å². The average Bonchev–Trinajstić information content (AvgIpc) is 3.27. The monoisotopic (exact) mass is 394 g/mol. The minimum Gasteiger partial charge on any atom is -0.497 e. The van der Waals surface area contributed by atoms with Crippen molar-refractivity contribution in [3.8, 4) is 5.75 Å². The zero-order chi connectivity index (χ0) is 20.5. The van der Waals surface area contributed by atoms with Gasteiger partial charge in [-0.25, -0.2) is 0 Å². The number of carbonyl (C=O) groups excluding carboxylic acids is 2. The SMILES string of the molecule is COc1ccc(C(=O)N/C(=C\c2ccco2)C(=O)NCCC2=CCCCC2)cc1. The zero-order valence-electron chi connectivity index (χ0n) is 16.6. The summed E-state index contributed by atoms with van der Waals surface area (Å²) in [4.78, 5) is 25.3. The van der Waals surface area contributed by atoms with Crippen molar-refractivity contribution in [3.05, 3.63) is 71.3 Å². The van der Waals surface area contributed by atoms with Gasteiger partial charge >= 0.3 is 0 Å². The van der Waals surface area contributed by atoms with E-state index in [0.29, 0.717) is 23.6 Å². The number of hydrogen-bond acceptors (Lipinski definition) is 4. The van der Waals surface area contributed by atoms with Crippen molar-refractivity contribution in [1.29, 1.82) is 0 Å². The quantitative estimate of drug-likeness (QED) is 0.522. The highest BCUT2D eigenvalue weighted by Crippen LogP contribution is 2.19. The Morgan fingerprint density at radius 1 is 1.17 bits per heavy atom. The highest BCUT2D eigenvalue weighted by molar-refractivity contribution is 6.05. The topological polar surface area (TPSA) is 80.6 Å². The number of amides is 2. The predicted octanol–water partition coefficient (Wildman–Crippen LogP) is 4.07. The maximum absolute atomic E-state index is 12.7. The number of hydrogen-bond donors (Lipinski definition) is 2. The number of rotatable bonds is 8. The Balaban J connectivity index is 1.66. The standard InChI is InChI=1S/C23H26N2O4/c1-28-19-11-9-18(10-12-19)22(26)25-21(16-20-8-5-15-29-20)23(27)24-14-13-17-6-3-2-4-7-17/h5-6,8-12,15-16H,2-4,7,13-14H2,1H3,(H,24,27)(H,25,26)/b21-16-. The van der Waals surface area contributed by atoms with E-state index in [4.69, 9.17) is 9.15 Å². The lowest BCUT2D eigenvalue weighted by molar-refractivity contribution is -0.117. The molecule has 29 heavy (non-hydrogen) atoms. The Morgan fingerprint density at radius 3 is 2.66 bits per heavy atom. The van der Waals surface area contributed by atoms with Gasteiger partial charge in [0.2, 0.25) is 0 Å². The number of allylic oxidation sites excluding steroid dienone is 1. The Morgan fingerprint density at radius 2 is 2.00 bits per heavy atom.